The Bertz CT molecular complexity index is 647. The van der Waals surface area contributed by atoms with Crippen LogP contribution in [-0.2, 0) is 0 Å². The summed E-state index contributed by atoms with van der Waals surface area (Å²) >= 11 is 11.0. The maximum atomic E-state index is 5.52. The van der Waals surface area contributed by atoms with Crippen LogP contribution >= 0.6 is 46.0 Å². The lowest BCUT2D eigenvalue weighted by atomic mass is 10.2. The number of aryl methyl sites for hydroxylation is 2. The first-order valence-electron chi connectivity index (χ1n) is 7.41. The van der Waals surface area contributed by atoms with Gasteiger partial charge in [-0.2, -0.15) is 0 Å². The van der Waals surface area contributed by atoms with Crippen LogP contribution < -0.4 is 9.80 Å². The summed E-state index contributed by atoms with van der Waals surface area (Å²) in [5.41, 5.74) is 4.63. The Kier molecular flexibility index (Phi) is 7.10. The minimum Gasteiger partial charge on any atom is -0.330 e. The van der Waals surface area contributed by atoms with E-state index in [0.29, 0.717) is 0 Å². The molecule has 0 saturated carbocycles. The summed E-state index contributed by atoms with van der Waals surface area (Å²) in [4.78, 5) is 4.00. The SMILES string of the molecule is Cc1ccc(N(C)C(=S)SSC(=S)N(C)c2ccc(C)cc2)cc1. The number of benzene rings is 2. The highest BCUT2D eigenvalue weighted by Gasteiger charge is 2.13. The van der Waals surface area contributed by atoms with Gasteiger partial charge in [0, 0.05) is 25.5 Å². The first kappa shape index (κ1) is 19.2. The van der Waals surface area contributed by atoms with Crippen molar-refractivity contribution in [2.75, 3.05) is 23.9 Å². The monoisotopic (exact) mass is 392 g/mol. The highest BCUT2D eigenvalue weighted by Crippen LogP contribution is 2.31. The quantitative estimate of drug-likeness (QED) is 0.465. The molecule has 0 aliphatic rings. The van der Waals surface area contributed by atoms with E-state index in [-0.39, 0.29) is 0 Å². The van der Waals surface area contributed by atoms with Crippen molar-refractivity contribution >= 4 is 66.0 Å². The molecule has 2 aromatic rings. The Morgan fingerprint density at radius 2 is 0.958 bits per heavy atom. The smallest absolute Gasteiger partial charge is 0.151 e. The molecule has 6 heteroatoms. The zero-order valence-corrected chi connectivity index (χ0v) is 17.4. The van der Waals surface area contributed by atoms with Gasteiger partial charge in [-0.05, 0) is 59.7 Å². The van der Waals surface area contributed by atoms with E-state index in [1.807, 2.05) is 23.9 Å². The molecule has 2 aromatic carbocycles. The van der Waals surface area contributed by atoms with Crippen molar-refractivity contribution in [3.8, 4) is 0 Å². The Morgan fingerprint density at radius 3 is 1.25 bits per heavy atom. The summed E-state index contributed by atoms with van der Waals surface area (Å²) in [6, 6.07) is 16.6. The van der Waals surface area contributed by atoms with Crippen molar-refractivity contribution in [2.45, 2.75) is 13.8 Å². The van der Waals surface area contributed by atoms with E-state index in [2.05, 4.69) is 62.4 Å². The normalized spacial score (nSPS) is 10.3. The zero-order chi connectivity index (χ0) is 17.7. The molecular formula is C18H20N2S4. The second-order valence-corrected chi connectivity index (χ2v) is 8.88. The minimum atomic E-state index is 0.781. The molecular weight excluding hydrogens is 372 g/mol. The molecule has 0 radical (unpaired) electrons. The molecule has 24 heavy (non-hydrogen) atoms. The molecule has 0 unspecified atom stereocenters. The Labute approximate surface area is 163 Å². The van der Waals surface area contributed by atoms with Crippen LogP contribution in [0.1, 0.15) is 11.1 Å². The number of rotatable bonds is 2. The predicted octanol–water partition coefficient (Wildman–Crippen LogP) is 5.83. The maximum Gasteiger partial charge on any atom is 0.151 e. The Balaban J connectivity index is 1.91. The van der Waals surface area contributed by atoms with Crippen LogP contribution in [0.5, 0.6) is 0 Å². The topological polar surface area (TPSA) is 6.48 Å². The molecule has 0 N–H and O–H groups in total. The van der Waals surface area contributed by atoms with Gasteiger partial charge in [0.2, 0.25) is 0 Å². The molecule has 0 aliphatic carbocycles. The van der Waals surface area contributed by atoms with Gasteiger partial charge >= 0.3 is 0 Å². The third-order valence-electron chi connectivity index (χ3n) is 3.57. The fourth-order valence-electron chi connectivity index (χ4n) is 1.93. The van der Waals surface area contributed by atoms with Gasteiger partial charge in [0.1, 0.15) is 0 Å². The molecule has 126 valence electrons. The number of thiocarbonyl (C=S) groups is 2. The van der Waals surface area contributed by atoms with Crippen molar-refractivity contribution < 1.29 is 0 Å². The standard InChI is InChI=1S/C18H20N2S4/c1-13-5-9-15(10-6-13)19(3)17(21)23-24-18(22)20(4)16-11-7-14(2)8-12-16/h5-12H,1-4H3. The fourth-order valence-corrected chi connectivity index (χ4v) is 4.43. The van der Waals surface area contributed by atoms with Crippen LogP contribution in [0, 0.1) is 13.8 Å². The largest absolute Gasteiger partial charge is 0.330 e. The van der Waals surface area contributed by atoms with Crippen LogP contribution in [0.3, 0.4) is 0 Å². The molecule has 0 aliphatic heterocycles. The van der Waals surface area contributed by atoms with E-state index in [9.17, 15) is 0 Å². The van der Waals surface area contributed by atoms with Crippen molar-refractivity contribution in [2.24, 2.45) is 0 Å². The average Bonchev–Trinajstić information content (AvgIpc) is 2.59. The highest BCUT2D eigenvalue weighted by molar-refractivity contribution is 8.89. The molecule has 0 aromatic heterocycles. The lowest BCUT2D eigenvalue weighted by molar-refractivity contribution is 1.30. The summed E-state index contributed by atoms with van der Waals surface area (Å²) in [5.74, 6) is 0. The minimum absolute atomic E-state index is 0.781. The van der Waals surface area contributed by atoms with Crippen molar-refractivity contribution in [1.29, 1.82) is 0 Å². The molecule has 2 nitrogen and oxygen atoms in total. The number of nitrogens with zero attached hydrogens (tertiary/aromatic N) is 2. The van der Waals surface area contributed by atoms with Gasteiger partial charge in [0.15, 0.2) is 8.64 Å². The fraction of sp³-hybridized carbons (Fsp3) is 0.222. The second kappa shape index (κ2) is 8.85. The van der Waals surface area contributed by atoms with Crippen LogP contribution in [-0.4, -0.2) is 22.7 Å². The average molecular weight is 393 g/mol. The lowest BCUT2D eigenvalue weighted by Gasteiger charge is -2.22. The van der Waals surface area contributed by atoms with Gasteiger partial charge in [-0.1, -0.05) is 59.8 Å². The first-order valence-corrected chi connectivity index (χ1v) is 10.4. The van der Waals surface area contributed by atoms with E-state index in [1.165, 1.54) is 32.7 Å². The number of hydrogen-bond acceptors (Lipinski definition) is 4. The molecule has 2 rings (SSSR count). The highest BCUT2D eigenvalue weighted by atomic mass is 33.1. The van der Waals surface area contributed by atoms with Crippen molar-refractivity contribution in [3.05, 3.63) is 59.7 Å². The first-order chi connectivity index (χ1) is 11.4. The third kappa shape index (κ3) is 5.21. The van der Waals surface area contributed by atoms with E-state index < -0.39 is 0 Å². The van der Waals surface area contributed by atoms with E-state index >= 15 is 0 Å². The molecule has 0 bridgehead atoms. The molecule has 0 saturated heterocycles. The van der Waals surface area contributed by atoms with Gasteiger partial charge < -0.3 is 9.80 Å². The number of anilines is 2. The summed E-state index contributed by atoms with van der Waals surface area (Å²) in [5, 5.41) is 0. The van der Waals surface area contributed by atoms with E-state index in [0.717, 1.165) is 20.0 Å². The third-order valence-corrected chi connectivity index (χ3v) is 7.37. The van der Waals surface area contributed by atoms with Gasteiger partial charge in [0.25, 0.3) is 0 Å². The van der Waals surface area contributed by atoms with Crippen molar-refractivity contribution in [3.63, 3.8) is 0 Å². The summed E-state index contributed by atoms with van der Waals surface area (Å²) in [6.45, 7) is 4.15. The molecule has 0 amide bonds. The summed E-state index contributed by atoms with van der Waals surface area (Å²) < 4.78 is 1.56. The Morgan fingerprint density at radius 1 is 0.667 bits per heavy atom. The number of hydrogen-bond donors (Lipinski definition) is 0. The van der Waals surface area contributed by atoms with Gasteiger partial charge in [0.05, 0.1) is 0 Å². The lowest BCUT2D eigenvalue weighted by Crippen LogP contribution is -2.23. The second-order valence-electron chi connectivity index (χ2n) is 5.49. The van der Waals surface area contributed by atoms with Crippen LogP contribution in [0.25, 0.3) is 0 Å². The molecule has 0 heterocycles. The molecule has 0 atom stereocenters. The van der Waals surface area contributed by atoms with Crippen molar-refractivity contribution in [1.82, 2.24) is 0 Å². The summed E-state index contributed by atoms with van der Waals surface area (Å²) in [7, 11) is 6.98. The predicted molar refractivity (Wildman–Crippen MR) is 120 cm³/mol. The zero-order valence-electron chi connectivity index (χ0n) is 14.1. The molecule has 0 fully saturated rings. The maximum absolute atomic E-state index is 5.52. The van der Waals surface area contributed by atoms with E-state index in [1.54, 1.807) is 0 Å². The Hall–Kier alpha value is -1.08. The van der Waals surface area contributed by atoms with E-state index in [4.69, 9.17) is 24.4 Å². The van der Waals surface area contributed by atoms with Crippen LogP contribution in [0.15, 0.2) is 48.5 Å². The van der Waals surface area contributed by atoms with Gasteiger partial charge in [-0.15, -0.1) is 0 Å². The van der Waals surface area contributed by atoms with Gasteiger partial charge in [-0.25, -0.2) is 0 Å². The molecule has 0 spiro atoms. The van der Waals surface area contributed by atoms with Gasteiger partial charge in [-0.3, -0.25) is 0 Å². The van der Waals surface area contributed by atoms with Crippen LogP contribution in [0.4, 0.5) is 11.4 Å². The summed E-state index contributed by atoms with van der Waals surface area (Å²) in [6.07, 6.45) is 0. The van der Waals surface area contributed by atoms with Crippen LogP contribution in [0.2, 0.25) is 0 Å².